The lowest BCUT2D eigenvalue weighted by Gasteiger charge is -2.30. The molecule has 0 atom stereocenters. The van der Waals surface area contributed by atoms with Gasteiger partial charge in [0.15, 0.2) is 0 Å². The second-order valence-electron chi connectivity index (χ2n) is 6.64. The summed E-state index contributed by atoms with van der Waals surface area (Å²) in [5, 5.41) is 0. The van der Waals surface area contributed by atoms with E-state index >= 15 is 0 Å². The van der Waals surface area contributed by atoms with Crippen LogP contribution in [0.5, 0.6) is 5.75 Å². The number of sulfonamides is 1. The Hall–Kier alpha value is -1.84. The van der Waals surface area contributed by atoms with Crippen molar-refractivity contribution >= 4 is 27.5 Å². The molecule has 1 heterocycles. The third kappa shape index (κ3) is 4.59. The maximum absolute atomic E-state index is 14.1. The Bertz CT molecular complexity index is 952. The molecule has 28 heavy (non-hydrogen) atoms. The van der Waals surface area contributed by atoms with Crippen LogP contribution >= 0.6 is 11.8 Å². The molecule has 2 aromatic carbocycles. The van der Waals surface area contributed by atoms with E-state index in [2.05, 4.69) is 4.90 Å². The van der Waals surface area contributed by atoms with E-state index in [9.17, 15) is 17.2 Å². The molecule has 0 spiro atoms. The predicted molar refractivity (Wildman–Crippen MR) is 107 cm³/mol. The van der Waals surface area contributed by atoms with Crippen molar-refractivity contribution in [3.05, 3.63) is 48.0 Å². The molecule has 2 aromatic rings. The maximum atomic E-state index is 14.1. The third-order valence-corrected chi connectivity index (χ3v) is 7.12. The highest BCUT2D eigenvalue weighted by Gasteiger charge is 2.32. The summed E-state index contributed by atoms with van der Waals surface area (Å²) in [5.41, 5.74) is 0.449. The SMILES string of the molecule is CN(C)CCCOc1ccc2c(c1)N(S(=O)(=O)c1ccc(F)cc1F)CCS2. The zero-order valence-corrected chi connectivity index (χ0v) is 17.3. The third-order valence-electron chi connectivity index (χ3n) is 4.23. The maximum Gasteiger partial charge on any atom is 0.267 e. The molecule has 3 rings (SSSR count). The van der Waals surface area contributed by atoms with E-state index in [1.807, 2.05) is 20.2 Å². The number of benzene rings is 2. The number of anilines is 1. The van der Waals surface area contributed by atoms with Crippen LogP contribution < -0.4 is 9.04 Å². The van der Waals surface area contributed by atoms with Gasteiger partial charge in [-0.15, -0.1) is 11.8 Å². The number of hydrogen-bond acceptors (Lipinski definition) is 5. The number of thioether (sulfide) groups is 1. The summed E-state index contributed by atoms with van der Waals surface area (Å²) in [6.45, 7) is 1.58. The average molecular weight is 429 g/mol. The summed E-state index contributed by atoms with van der Waals surface area (Å²) in [7, 11) is -0.201. The second kappa shape index (κ2) is 8.67. The van der Waals surface area contributed by atoms with E-state index in [0.717, 1.165) is 30.0 Å². The summed E-state index contributed by atoms with van der Waals surface area (Å²) in [6, 6.07) is 7.76. The van der Waals surface area contributed by atoms with Gasteiger partial charge in [-0.2, -0.15) is 0 Å². The fourth-order valence-electron chi connectivity index (χ4n) is 2.89. The fraction of sp³-hybridized carbons (Fsp3) is 0.368. The standard InChI is InChI=1S/C19H22F2N2O3S2/c1-22(2)8-3-10-26-15-5-6-18-17(13-15)23(9-11-27-18)28(24,25)19-7-4-14(20)12-16(19)21/h4-7,12-13H,3,8-11H2,1-2H3. The van der Waals surface area contributed by atoms with Crippen molar-refractivity contribution in [2.75, 3.05) is 43.8 Å². The number of fused-ring (bicyclic) bond motifs is 1. The van der Waals surface area contributed by atoms with Crippen molar-refractivity contribution < 1.29 is 21.9 Å². The van der Waals surface area contributed by atoms with E-state index in [0.29, 0.717) is 29.9 Å². The number of nitrogens with zero attached hydrogens (tertiary/aromatic N) is 2. The van der Waals surface area contributed by atoms with Gasteiger partial charge in [-0.1, -0.05) is 0 Å². The van der Waals surface area contributed by atoms with Crippen LogP contribution in [-0.4, -0.2) is 52.9 Å². The minimum Gasteiger partial charge on any atom is -0.493 e. The Kier molecular flexibility index (Phi) is 6.47. The zero-order chi connectivity index (χ0) is 20.3. The molecule has 0 amide bonds. The van der Waals surface area contributed by atoms with E-state index in [1.165, 1.54) is 16.1 Å². The van der Waals surface area contributed by atoms with Gasteiger partial charge in [0, 0.05) is 35.9 Å². The quantitative estimate of drug-likeness (QED) is 0.631. The molecule has 0 unspecified atom stereocenters. The number of ether oxygens (including phenoxy) is 1. The molecule has 0 aromatic heterocycles. The summed E-state index contributed by atoms with van der Waals surface area (Å²) in [4.78, 5) is 2.29. The lowest BCUT2D eigenvalue weighted by Crippen LogP contribution is -2.36. The minimum atomic E-state index is -4.16. The molecule has 152 valence electrons. The molecule has 0 N–H and O–H groups in total. The first-order valence-corrected chi connectivity index (χ1v) is 11.2. The van der Waals surface area contributed by atoms with E-state index < -0.39 is 26.6 Å². The van der Waals surface area contributed by atoms with Gasteiger partial charge in [-0.25, -0.2) is 17.2 Å². The Balaban J connectivity index is 1.88. The smallest absolute Gasteiger partial charge is 0.267 e. The monoisotopic (exact) mass is 428 g/mol. The largest absolute Gasteiger partial charge is 0.493 e. The van der Waals surface area contributed by atoms with Crippen LogP contribution in [0.1, 0.15) is 6.42 Å². The van der Waals surface area contributed by atoms with Crippen LogP contribution in [0.15, 0.2) is 46.2 Å². The molecule has 9 heteroatoms. The van der Waals surface area contributed by atoms with E-state index in [-0.39, 0.29) is 6.54 Å². The Morgan fingerprint density at radius 3 is 2.68 bits per heavy atom. The first kappa shape index (κ1) is 20.9. The molecule has 1 aliphatic rings. The van der Waals surface area contributed by atoms with Crippen molar-refractivity contribution in [3.8, 4) is 5.75 Å². The van der Waals surface area contributed by atoms with Crippen molar-refractivity contribution in [3.63, 3.8) is 0 Å². The van der Waals surface area contributed by atoms with Crippen molar-refractivity contribution in [2.45, 2.75) is 16.2 Å². The highest BCUT2D eigenvalue weighted by Crippen LogP contribution is 2.40. The van der Waals surface area contributed by atoms with Crippen LogP contribution in [-0.2, 0) is 10.0 Å². The summed E-state index contributed by atoms with van der Waals surface area (Å²) < 4.78 is 60.3. The van der Waals surface area contributed by atoms with Gasteiger partial charge in [-0.05, 0) is 44.8 Å². The van der Waals surface area contributed by atoms with Gasteiger partial charge in [0.25, 0.3) is 10.0 Å². The first-order chi connectivity index (χ1) is 13.3. The molecular formula is C19H22F2N2O3S2. The highest BCUT2D eigenvalue weighted by atomic mass is 32.2. The van der Waals surface area contributed by atoms with Gasteiger partial charge < -0.3 is 9.64 Å². The van der Waals surface area contributed by atoms with Crippen LogP contribution in [0.2, 0.25) is 0 Å². The fourth-order valence-corrected chi connectivity index (χ4v) is 5.56. The van der Waals surface area contributed by atoms with Gasteiger partial charge in [0.1, 0.15) is 22.3 Å². The highest BCUT2D eigenvalue weighted by molar-refractivity contribution is 8.00. The number of hydrogen-bond donors (Lipinski definition) is 0. The molecular weight excluding hydrogens is 406 g/mol. The first-order valence-electron chi connectivity index (χ1n) is 8.81. The van der Waals surface area contributed by atoms with Crippen LogP contribution in [0.25, 0.3) is 0 Å². The minimum absolute atomic E-state index is 0.195. The Labute approximate surface area is 168 Å². The van der Waals surface area contributed by atoms with Crippen molar-refractivity contribution in [2.24, 2.45) is 0 Å². The Morgan fingerprint density at radius 2 is 1.96 bits per heavy atom. The lowest BCUT2D eigenvalue weighted by atomic mass is 10.3. The number of rotatable bonds is 7. The van der Waals surface area contributed by atoms with Crippen LogP contribution in [0.4, 0.5) is 14.5 Å². The topological polar surface area (TPSA) is 49.9 Å². The molecule has 0 fully saturated rings. The summed E-state index contributed by atoms with van der Waals surface area (Å²) in [5.74, 6) is -0.826. The molecule has 0 saturated carbocycles. The second-order valence-corrected chi connectivity index (χ2v) is 9.60. The molecule has 1 aliphatic heterocycles. The lowest BCUT2D eigenvalue weighted by molar-refractivity contribution is 0.281. The van der Waals surface area contributed by atoms with Gasteiger partial charge in [0.05, 0.1) is 12.3 Å². The van der Waals surface area contributed by atoms with Gasteiger partial charge in [-0.3, -0.25) is 4.31 Å². The molecule has 0 bridgehead atoms. The van der Waals surface area contributed by atoms with E-state index in [4.69, 9.17) is 4.74 Å². The number of halogens is 2. The van der Waals surface area contributed by atoms with Gasteiger partial charge >= 0.3 is 0 Å². The van der Waals surface area contributed by atoms with Crippen LogP contribution in [0, 0.1) is 11.6 Å². The Morgan fingerprint density at radius 1 is 1.18 bits per heavy atom. The average Bonchev–Trinajstić information content (AvgIpc) is 2.64. The van der Waals surface area contributed by atoms with Gasteiger partial charge in [0.2, 0.25) is 0 Å². The van der Waals surface area contributed by atoms with Crippen LogP contribution in [0.3, 0.4) is 0 Å². The summed E-state index contributed by atoms with van der Waals surface area (Å²) >= 11 is 1.53. The normalized spacial score (nSPS) is 14.2. The predicted octanol–water partition coefficient (Wildman–Crippen LogP) is 3.60. The van der Waals surface area contributed by atoms with E-state index in [1.54, 1.807) is 12.1 Å². The zero-order valence-electron chi connectivity index (χ0n) is 15.7. The summed E-state index contributed by atoms with van der Waals surface area (Å²) in [6.07, 6.45) is 0.835. The van der Waals surface area contributed by atoms with Crippen molar-refractivity contribution in [1.82, 2.24) is 4.90 Å². The molecule has 0 radical (unpaired) electrons. The van der Waals surface area contributed by atoms with Crippen molar-refractivity contribution in [1.29, 1.82) is 0 Å². The molecule has 5 nitrogen and oxygen atoms in total. The molecule has 0 saturated heterocycles. The molecule has 0 aliphatic carbocycles.